The van der Waals surface area contributed by atoms with Crippen LogP contribution in [0.4, 0.5) is 11.4 Å². The van der Waals surface area contributed by atoms with E-state index < -0.39 is 14.9 Å². The fourth-order valence-electron chi connectivity index (χ4n) is 2.94. The molecule has 0 atom stereocenters. The summed E-state index contributed by atoms with van der Waals surface area (Å²) in [5, 5.41) is 11.7. The molecular weight excluding hydrogens is 437 g/mol. The number of nitrogens with zero attached hydrogens (tertiary/aromatic N) is 3. The van der Waals surface area contributed by atoms with Gasteiger partial charge in [-0.2, -0.15) is 4.31 Å². The second kappa shape index (κ2) is 7.81. The average molecular weight is 451 g/mol. The van der Waals surface area contributed by atoms with E-state index in [0.29, 0.717) is 5.69 Å². The van der Waals surface area contributed by atoms with Crippen LogP contribution in [0, 0.1) is 10.1 Å². The zero-order chi connectivity index (χ0) is 19.8. The van der Waals surface area contributed by atoms with Gasteiger partial charge in [0.1, 0.15) is 10.6 Å². The normalized spacial score (nSPS) is 15.7. The van der Waals surface area contributed by atoms with Gasteiger partial charge in [0, 0.05) is 37.3 Å². The van der Waals surface area contributed by atoms with Crippen LogP contribution in [0.2, 0.25) is 15.1 Å². The molecule has 11 heteroatoms. The van der Waals surface area contributed by atoms with Crippen LogP contribution < -0.4 is 4.90 Å². The standard InChI is InChI=1S/C16H14Cl3N3O4S/c17-11-4-5-14(15(10-11)22(23)24)20-6-8-21(9-7-20)27(25,26)16-12(18)2-1-3-13(16)19/h1-5,10H,6-9H2. The molecule has 0 saturated carbocycles. The summed E-state index contributed by atoms with van der Waals surface area (Å²) >= 11 is 17.9. The SMILES string of the molecule is O=[N+]([O-])c1cc(Cl)ccc1N1CCN(S(=O)(=O)c2c(Cl)cccc2Cl)CC1. The van der Waals surface area contributed by atoms with Crippen molar-refractivity contribution < 1.29 is 13.3 Å². The highest BCUT2D eigenvalue weighted by Gasteiger charge is 2.33. The molecule has 27 heavy (non-hydrogen) atoms. The monoisotopic (exact) mass is 449 g/mol. The first kappa shape index (κ1) is 20.2. The van der Waals surface area contributed by atoms with Crippen LogP contribution >= 0.6 is 34.8 Å². The summed E-state index contributed by atoms with van der Waals surface area (Å²) in [6.45, 7) is 0.848. The molecule has 0 unspecified atom stereocenters. The number of nitro groups is 1. The minimum absolute atomic E-state index is 0.0540. The molecule has 1 saturated heterocycles. The van der Waals surface area contributed by atoms with Crippen LogP contribution in [-0.4, -0.2) is 43.8 Å². The van der Waals surface area contributed by atoms with E-state index in [0.717, 1.165) is 0 Å². The number of anilines is 1. The summed E-state index contributed by atoms with van der Waals surface area (Å²) < 4.78 is 27.1. The summed E-state index contributed by atoms with van der Waals surface area (Å²) in [5.74, 6) is 0. The molecule has 7 nitrogen and oxygen atoms in total. The first-order valence-electron chi connectivity index (χ1n) is 7.85. The average Bonchev–Trinajstić information content (AvgIpc) is 2.61. The molecular formula is C16H14Cl3N3O4S. The highest BCUT2D eigenvalue weighted by Crippen LogP contribution is 2.34. The minimum atomic E-state index is -3.87. The van der Waals surface area contributed by atoms with E-state index in [2.05, 4.69) is 0 Å². The molecule has 1 fully saturated rings. The van der Waals surface area contributed by atoms with Crippen LogP contribution in [0.25, 0.3) is 0 Å². The molecule has 0 bridgehead atoms. The summed E-state index contributed by atoms with van der Waals surface area (Å²) in [5.41, 5.74) is 0.283. The van der Waals surface area contributed by atoms with E-state index in [1.807, 2.05) is 0 Å². The van der Waals surface area contributed by atoms with Gasteiger partial charge >= 0.3 is 0 Å². The zero-order valence-electron chi connectivity index (χ0n) is 13.8. The Morgan fingerprint density at radius 3 is 2.11 bits per heavy atom. The van der Waals surface area contributed by atoms with Gasteiger partial charge in [-0.15, -0.1) is 0 Å². The second-order valence-corrected chi connectivity index (χ2v) is 8.96. The summed E-state index contributed by atoms with van der Waals surface area (Å²) in [6.07, 6.45) is 0. The van der Waals surface area contributed by atoms with Gasteiger partial charge in [-0.05, 0) is 24.3 Å². The molecule has 0 radical (unpaired) electrons. The van der Waals surface area contributed by atoms with E-state index in [4.69, 9.17) is 34.8 Å². The molecule has 0 amide bonds. The molecule has 1 aliphatic heterocycles. The van der Waals surface area contributed by atoms with Crippen molar-refractivity contribution in [1.29, 1.82) is 0 Å². The molecule has 0 spiro atoms. The number of benzene rings is 2. The van der Waals surface area contributed by atoms with E-state index in [1.165, 1.54) is 22.5 Å². The molecule has 0 aliphatic carbocycles. The highest BCUT2D eigenvalue weighted by molar-refractivity contribution is 7.89. The molecule has 1 aliphatic rings. The van der Waals surface area contributed by atoms with Crippen molar-refractivity contribution in [2.45, 2.75) is 4.90 Å². The Hall–Kier alpha value is -1.58. The maximum Gasteiger partial charge on any atom is 0.294 e. The lowest BCUT2D eigenvalue weighted by Gasteiger charge is -2.35. The lowest BCUT2D eigenvalue weighted by atomic mass is 10.2. The van der Waals surface area contributed by atoms with Gasteiger partial charge in [0.2, 0.25) is 10.0 Å². The van der Waals surface area contributed by atoms with Gasteiger partial charge in [-0.25, -0.2) is 8.42 Å². The van der Waals surface area contributed by atoms with Crippen LogP contribution in [0.15, 0.2) is 41.3 Å². The van der Waals surface area contributed by atoms with Gasteiger partial charge < -0.3 is 4.90 Å². The van der Waals surface area contributed by atoms with Crippen molar-refractivity contribution in [3.8, 4) is 0 Å². The number of sulfonamides is 1. The van der Waals surface area contributed by atoms with E-state index in [1.54, 1.807) is 23.1 Å². The maximum atomic E-state index is 12.9. The maximum absolute atomic E-state index is 12.9. The number of rotatable bonds is 4. The van der Waals surface area contributed by atoms with E-state index >= 15 is 0 Å². The first-order valence-corrected chi connectivity index (χ1v) is 10.4. The number of hydrogen-bond acceptors (Lipinski definition) is 5. The largest absolute Gasteiger partial charge is 0.363 e. The number of hydrogen-bond donors (Lipinski definition) is 0. The van der Waals surface area contributed by atoms with Crippen molar-refractivity contribution in [1.82, 2.24) is 4.31 Å². The van der Waals surface area contributed by atoms with Crippen molar-refractivity contribution in [3.05, 3.63) is 61.6 Å². The molecule has 0 N–H and O–H groups in total. The molecule has 144 valence electrons. The third-order valence-electron chi connectivity index (χ3n) is 4.23. The zero-order valence-corrected chi connectivity index (χ0v) is 16.9. The Morgan fingerprint density at radius 2 is 1.56 bits per heavy atom. The van der Waals surface area contributed by atoms with E-state index in [-0.39, 0.29) is 51.8 Å². The van der Waals surface area contributed by atoms with Crippen molar-refractivity contribution in [2.75, 3.05) is 31.1 Å². The Kier molecular flexibility index (Phi) is 5.83. The van der Waals surface area contributed by atoms with Crippen molar-refractivity contribution in [2.24, 2.45) is 0 Å². The van der Waals surface area contributed by atoms with Gasteiger partial charge in [-0.1, -0.05) is 40.9 Å². The van der Waals surface area contributed by atoms with Crippen LogP contribution in [-0.2, 0) is 10.0 Å². The molecule has 2 aromatic carbocycles. The number of halogens is 3. The number of piperazine rings is 1. The number of nitro benzene ring substituents is 1. The fourth-order valence-corrected chi connectivity index (χ4v) is 5.62. The molecule has 2 aromatic rings. The first-order chi connectivity index (χ1) is 12.7. The van der Waals surface area contributed by atoms with Crippen LogP contribution in [0.3, 0.4) is 0 Å². The van der Waals surface area contributed by atoms with Gasteiger partial charge in [0.05, 0.1) is 15.0 Å². The van der Waals surface area contributed by atoms with E-state index in [9.17, 15) is 18.5 Å². The fraction of sp³-hybridized carbons (Fsp3) is 0.250. The Balaban J connectivity index is 1.83. The predicted octanol–water partition coefficient (Wildman–Crippen LogP) is 4.07. The quantitative estimate of drug-likeness (QED) is 0.518. The van der Waals surface area contributed by atoms with Gasteiger partial charge in [-0.3, -0.25) is 10.1 Å². The van der Waals surface area contributed by atoms with Crippen LogP contribution in [0.5, 0.6) is 0 Å². The van der Waals surface area contributed by atoms with Gasteiger partial charge in [0.25, 0.3) is 5.69 Å². The predicted molar refractivity (Wildman–Crippen MR) is 106 cm³/mol. The Bertz CT molecular complexity index is 972. The molecule has 0 aromatic heterocycles. The Labute approximate surface area is 171 Å². The van der Waals surface area contributed by atoms with Gasteiger partial charge in [0.15, 0.2) is 0 Å². The molecule has 1 heterocycles. The third-order valence-corrected chi connectivity index (χ3v) is 7.32. The van der Waals surface area contributed by atoms with Crippen molar-refractivity contribution >= 4 is 56.2 Å². The highest BCUT2D eigenvalue weighted by atomic mass is 35.5. The third kappa shape index (κ3) is 4.00. The lowest BCUT2D eigenvalue weighted by molar-refractivity contribution is -0.384. The lowest BCUT2D eigenvalue weighted by Crippen LogP contribution is -2.48. The summed E-state index contributed by atoms with van der Waals surface area (Å²) in [4.78, 5) is 12.4. The second-order valence-electron chi connectivity index (χ2n) is 5.83. The smallest absolute Gasteiger partial charge is 0.294 e. The minimum Gasteiger partial charge on any atom is -0.363 e. The Morgan fingerprint density at radius 1 is 0.963 bits per heavy atom. The summed E-state index contributed by atoms with van der Waals surface area (Å²) in [7, 11) is -3.87. The molecule has 3 rings (SSSR count). The topological polar surface area (TPSA) is 83.8 Å². The van der Waals surface area contributed by atoms with Crippen LogP contribution in [0.1, 0.15) is 0 Å². The summed E-state index contributed by atoms with van der Waals surface area (Å²) in [6, 6.07) is 8.91. The van der Waals surface area contributed by atoms with Crippen molar-refractivity contribution in [3.63, 3.8) is 0 Å².